The molecule has 0 aliphatic rings. The maximum absolute atomic E-state index is 3.43. The zero-order chi connectivity index (χ0) is 7.56. The first-order valence-electron chi connectivity index (χ1n) is 3.18. The lowest BCUT2D eigenvalue weighted by molar-refractivity contribution is 1.40. The van der Waals surface area contributed by atoms with Crippen LogP contribution in [0.2, 0.25) is 0 Å². The van der Waals surface area contributed by atoms with Gasteiger partial charge in [0.25, 0.3) is 0 Å². The van der Waals surface area contributed by atoms with E-state index in [1.807, 2.05) is 19.2 Å². The van der Waals surface area contributed by atoms with Crippen molar-refractivity contribution in [2.75, 3.05) is 12.4 Å². The smallest absolute Gasteiger partial charge is 0.0341 e. The fourth-order valence-corrected chi connectivity index (χ4v) is 1.05. The van der Waals surface area contributed by atoms with Crippen LogP contribution in [0.15, 0.2) is 22.7 Å². The van der Waals surface area contributed by atoms with E-state index >= 15 is 0 Å². The highest BCUT2D eigenvalue weighted by molar-refractivity contribution is 9.10. The minimum Gasteiger partial charge on any atom is -0.388 e. The average molecular weight is 237 g/mol. The van der Waals surface area contributed by atoms with Gasteiger partial charge in [-0.05, 0) is 30.7 Å². The molecular formula is C8H11BrClN. The molecule has 0 bridgehead atoms. The van der Waals surface area contributed by atoms with Gasteiger partial charge in [0.05, 0.1) is 0 Å². The summed E-state index contributed by atoms with van der Waals surface area (Å²) in [5, 5.41) is 3.07. The van der Waals surface area contributed by atoms with E-state index in [-0.39, 0.29) is 12.4 Å². The second-order valence-corrected chi connectivity index (χ2v) is 3.07. The molecule has 0 radical (unpaired) electrons. The van der Waals surface area contributed by atoms with Crippen molar-refractivity contribution in [3.05, 3.63) is 28.2 Å². The van der Waals surface area contributed by atoms with Gasteiger partial charge in [-0.3, -0.25) is 0 Å². The first kappa shape index (κ1) is 10.8. The minimum atomic E-state index is 0. The summed E-state index contributed by atoms with van der Waals surface area (Å²) >= 11 is 3.43. The molecule has 1 aromatic rings. The molecule has 0 saturated heterocycles. The van der Waals surface area contributed by atoms with Gasteiger partial charge in [0.15, 0.2) is 0 Å². The Kier molecular flexibility index (Phi) is 4.54. The second-order valence-electron chi connectivity index (χ2n) is 2.21. The number of hydrogen-bond donors (Lipinski definition) is 1. The van der Waals surface area contributed by atoms with Crippen molar-refractivity contribution >= 4 is 34.0 Å². The second kappa shape index (κ2) is 4.62. The molecule has 0 heterocycles. The van der Waals surface area contributed by atoms with Gasteiger partial charge in [-0.2, -0.15) is 0 Å². The van der Waals surface area contributed by atoms with Crippen LogP contribution >= 0.6 is 28.3 Å². The van der Waals surface area contributed by atoms with Crippen molar-refractivity contribution in [3.8, 4) is 0 Å². The summed E-state index contributed by atoms with van der Waals surface area (Å²) in [7, 11) is 1.92. The number of aryl methyl sites for hydroxylation is 1. The van der Waals surface area contributed by atoms with Crippen molar-refractivity contribution in [2.45, 2.75) is 6.92 Å². The Morgan fingerprint density at radius 2 is 2.00 bits per heavy atom. The summed E-state index contributed by atoms with van der Waals surface area (Å²) in [6.45, 7) is 2.07. The van der Waals surface area contributed by atoms with E-state index in [1.54, 1.807) is 0 Å². The summed E-state index contributed by atoms with van der Waals surface area (Å²) in [5.41, 5.74) is 2.41. The van der Waals surface area contributed by atoms with Crippen LogP contribution in [0.5, 0.6) is 0 Å². The third kappa shape index (κ3) is 2.72. The molecule has 0 saturated carbocycles. The van der Waals surface area contributed by atoms with E-state index in [4.69, 9.17) is 0 Å². The zero-order valence-electron chi connectivity index (χ0n) is 6.52. The number of nitrogens with one attached hydrogen (secondary N) is 1. The molecule has 1 N–H and O–H groups in total. The zero-order valence-corrected chi connectivity index (χ0v) is 8.92. The summed E-state index contributed by atoms with van der Waals surface area (Å²) < 4.78 is 1.16. The maximum atomic E-state index is 3.43. The van der Waals surface area contributed by atoms with E-state index < -0.39 is 0 Å². The molecule has 0 atom stereocenters. The van der Waals surface area contributed by atoms with Gasteiger partial charge >= 0.3 is 0 Å². The van der Waals surface area contributed by atoms with E-state index in [9.17, 15) is 0 Å². The van der Waals surface area contributed by atoms with Crippen molar-refractivity contribution < 1.29 is 0 Å². The molecule has 0 aliphatic heterocycles. The molecule has 0 amide bonds. The van der Waals surface area contributed by atoms with Crippen LogP contribution in [0, 0.1) is 6.92 Å². The van der Waals surface area contributed by atoms with Gasteiger partial charge in [0.2, 0.25) is 0 Å². The molecule has 1 rings (SSSR count). The van der Waals surface area contributed by atoms with Crippen LogP contribution in [-0.4, -0.2) is 7.05 Å². The summed E-state index contributed by atoms with van der Waals surface area (Å²) in [5.74, 6) is 0. The molecule has 0 aromatic heterocycles. The predicted octanol–water partition coefficient (Wildman–Crippen LogP) is 3.22. The minimum absolute atomic E-state index is 0. The average Bonchev–Trinajstić information content (AvgIpc) is 1.95. The Hall–Kier alpha value is -0.210. The number of hydrogen-bond acceptors (Lipinski definition) is 1. The number of halogens is 2. The molecule has 3 heteroatoms. The highest BCUT2D eigenvalue weighted by Crippen LogP contribution is 2.19. The van der Waals surface area contributed by atoms with Crippen molar-refractivity contribution in [2.24, 2.45) is 0 Å². The Bertz CT molecular complexity index is 238. The van der Waals surface area contributed by atoms with Gasteiger partial charge in [0.1, 0.15) is 0 Å². The Morgan fingerprint density at radius 3 is 2.45 bits per heavy atom. The van der Waals surface area contributed by atoms with Crippen molar-refractivity contribution in [3.63, 3.8) is 0 Å². The lowest BCUT2D eigenvalue weighted by atomic mass is 10.2. The highest BCUT2D eigenvalue weighted by atomic mass is 79.9. The molecule has 0 spiro atoms. The quantitative estimate of drug-likeness (QED) is 0.789. The predicted molar refractivity (Wildman–Crippen MR) is 55.7 cm³/mol. The number of benzene rings is 1. The van der Waals surface area contributed by atoms with E-state index in [1.165, 1.54) is 5.56 Å². The Balaban J connectivity index is 0.000001000. The Labute approximate surface area is 81.7 Å². The number of anilines is 1. The monoisotopic (exact) mass is 235 g/mol. The topological polar surface area (TPSA) is 12.0 Å². The third-order valence-corrected chi connectivity index (χ3v) is 2.34. The molecule has 0 unspecified atom stereocenters. The first-order valence-corrected chi connectivity index (χ1v) is 3.97. The number of rotatable bonds is 1. The van der Waals surface area contributed by atoms with E-state index in [2.05, 4.69) is 34.2 Å². The lowest BCUT2D eigenvalue weighted by Crippen LogP contribution is -1.87. The molecule has 1 nitrogen and oxygen atoms in total. The van der Waals surface area contributed by atoms with Gasteiger partial charge in [0, 0.05) is 17.2 Å². The molecule has 62 valence electrons. The molecule has 0 aliphatic carbocycles. The van der Waals surface area contributed by atoms with E-state index in [0.717, 1.165) is 10.2 Å². The SMILES string of the molecule is CNc1ccc(Br)c(C)c1.Cl. The van der Waals surface area contributed by atoms with Gasteiger partial charge in [-0.1, -0.05) is 15.9 Å². The molecular weight excluding hydrogens is 225 g/mol. The fraction of sp³-hybridized carbons (Fsp3) is 0.250. The van der Waals surface area contributed by atoms with Crippen LogP contribution in [0.1, 0.15) is 5.56 Å². The molecule has 0 fully saturated rings. The van der Waals surface area contributed by atoms with E-state index in [0.29, 0.717) is 0 Å². The van der Waals surface area contributed by atoms with Crippen LogP contribution < -0.4 is 5.32 Å². The van der Waals surface area contributed by atoms with Crippen LogP contribution in [-0.2, 0) is 0 Å². The normalized spacial score (nSPS) is 8.64. The fourth-order valence-electron chi connectivity index (χ4n) is 0.800. The van der Waals surface area contributed by atoms with Crippen molar-refractivity contribution in [1.29, 1.82) is 0 Å². The largest absolute Gasteiger partial charge is 0.388 e. The van der Waals surface area contributed by atoms with Gasteiger partial charge in [-0.25, -0.2) is 0 Å². The summed E-state index contributed by atoms with van der Waals surface area (Å²) in [6.07, 6.45) is 0. The van der Waals surface area contributed by atoms with Crippen LogP contribution in [0.3, 0.4) is 0 Å². The van der Waals surface area contributed by atoms with Crippen molar-refractivity contribution in [1.82, 2.24) is 0 Å². The summed E-state index contributed by atoms with van der Waals surface area (Å²) in [6, 6.07) is 6.18. The summed E-state index contributed by atoms with van der Waals surface area (Å²) in [4.78, 5) is 0. The third-order valence-electron chi connectivity index (χ3n) is 1.45. The van der Waals surface area contributed by atoms with Crippen LogP contribution in [0.4, 0.5) is 5.69 Å². The van der Waals surface area contributed by atoms with Crippen LogP contribution in [0.25, 0.3) is 0 Å². The first-order chi connectivity index (χ1) is 4.74. The standard InChI is InChI=1S/C8H10BrN.ClH/c1-6-5-7(10-2)3-4-8(6)9;/h3-5,10H,1-2H3;1H. The lowest BCUT2D eigenvalue weighted by Gasteiger charge is -2.01. The highest BCUT2D eigenvalue weighted by Gasteiger charge is 1.93. The molecule has 11 heavy (non-hydrogen) atoms. The Morgan fingerprint density at radius 1 is 1.36 bits per heavy atom. The molecule has 1 aromatic carbocycles. The maximum Gasteiger partial charge on any atom is 0.0341 e. The van der Waals surface area contributed by atoms with Gasteiger partial charge in [-0.15, -0.1) is 12.4 Å². The van der Waals surface area contributed by atoms with Gasteiger partial charge < -0.3 is 5.32 Å².